The van der Waals surface area contributed by atoms with Crippen molar-refractivity contribution in [1.82, 2.24) is 0 Å². The quantitative estimate of drug-likeness (QED) is 0.808. The molecule has 3 heteroatoms. The van der Waals surface area contributed by atoms with Crippen LogP contribution in [0.4, 0.5) is 0 Å². The Balaban J connectivity index is 1.96. The van der Waals surface area contributed by atoms with Crippen molar-refractivity contribution in [2.75, 3.05) is 0 Å². The van der Waals surface area contributed by atoms with Crippen molar-refractivity contribution in [3.05, 3.63) is 65.2 Å². The predicted molar refractivity (Wildman–Crippen MR) is 79.7 cm³/mol. The number of hydrogen-bond acceptors (Lipinski definition) is 2. The fourth-order valence-corrected chi connectivity index (χ4v) is 4.61. The normalized spacial score (nSPS) is 10.3. The average Bonchev–Trinajstić information content (AvgIpc) is 2.38. The fourth-order valence-electron chi connectivity index (χ4n) is 1.42. The number of rotatable bonds is 3. The topological polar surface area (TPSA) is 17.1 Å². The predicted octanol–water partition coefficient (Wildman–Crippen LogP) is 3.12. The van der Waals surface area contributed by atoms with Gasteiger partial charge in [-0.15, -0.1) is 0 Å². The summed E-state index contributed by atoms with van der Waals surface area (Å²) in [5, 5.41) is 0.163. The van der Waals surface area contributed by atoms with Crippen LogP contribution in [-0.2, 0) is 0 Å². The van der Waals surface area contributed by atoms with E-state index in [4.69, 9.17) is 0 Å². The molecule has 0 unspecified atom stereocenters. The van der Waals surface area contributed by atoms with Crippen molar-refractivity contribution in [3.8, 4) is 0 Å². The summed E-state index contributed by atoms with van der Waals surface area (Å²) in [5.41, 5.74) is 3.23. The first-order valence-corrected chi connectivity index (χ1v) is 9.37. The Kier molecular flexibility index (Phi) is 4.65. The van der Waals surface area contributed by atoms with E-state index in [2.05, 4.69) is 31.2 Å². The second-order valence-electron chi connectivity index (χ2n) is 4.13. The molecule has 0 bridgehead atoms. The third-order valence-electron chi connectivity index (χ3n) is 2.52. The molecule has 0 heterocycles. The van der Waals surface area contributed by atoms with E-state index in [0.29, 0.717) is 0 Å². The first-order valence-electron chi connectivity index (χ1n) is 5.67. The van der Waals surface area contributed by atoms with Gasteiger partial charge in [-0.05, 0) is 0 Å². The molecule has 0 N–H and O–H groups in total. The molecule has 0 spiro atoms. The number of hydrogen-bond donors (Lipinski definition) is 0. The third-order valence-corrected chi connectivity index (χ3v) is 6.44. The minimum absolute atomic E-state index is 0.148. The van der Waals surface area contributed by atoms with Gasteiger partial charge in [-0.25, -0.2) is 0 Å². The zero-order valence-corrected chi connectivity index (χ0v) is 12.9. The van der Waals surface area contributed by atoms with E-state index in [1.165, 1.54) is 25.8 Å². The van der Waals surface area contributed by atoms with Gasteiger partial charge in [0.25, 0.3) is 0 Å². The summed E-state index contributed by atoms with van der Waals surface area (Å²) in [4.78, 5) is 12.0. The second-order valence-corrected chi connectivity index (χ2v) is 7.92. The van der Waals surface area contributed by atoms with Gasteiger partial charge in [-0.1, -0.05) is 0 Å². The van der Waals surface area contributed by atoms with Crippen LogP contribution in [0.1, 0.15) is 21.5 Å². The minimum atomic E-state index is 0.148. The van der Waals surface area contributed by atoms with Crippen molar-refractivity contribution < 1.29 is 4.79 Å². The molecule has 18 heavy (non-hydrogen) atoms. The molecule has 0 aliphatic rings. The third kappa shape index (κ3) is 3.74. The maximum absolute atomic E-state index is 12.0. The SMILES string of the molecule is Cc1ccc([Se]SC(=O)c2ccc(C)cc2)cc1. The van der Waals surface area contributed by atoms with Crippen LogP contribution >= 0.6 is 10.2 Å². The van der Waals surface area contributed by atoms with Crippen molar-refractivity contribution in [1.29, 1.82) is 0 Å². The monoisotopic (exact) mass is 322 g/mol. The number of benzene rings is 2. The van der Waals surface area contributed by atoms with Crippen LogP contribution < -0.4 is 4.46 Å². The molecule has 0 atom stereocenters. The van der Waals surface area contributed by atoms with Gasteiger partial charge in [-0.3, -0.25) is 0 Å². The van der Waals surface area contributed by atoms with Crippen molar-refractivity contribution in [3.63, 3.8) is 0 Å². The first kappa shape index (κ1) is 13.4. The Labute approximate surface area is 117 Å². The van der Waals surface area contributed by atoms with Gasteiger partial charge in [0.05, 0.1) is 0 Å². The number of aryl methyl sites for hydroxylation is 2. The molecule has 0 saturated heterocycles. The van der Waals surface area contributed by atoms with Crippen molar-refractivity contribution in [2.24, 2.45) is 0 Å². The maximum atomic E-state index is 12.0. The van der Waals surface area contributed by atoms with Gasteiger partial charge in [0, 0.05) is 0 Å². The zero-order valence-electron chi connectivity index (χ0n) is 10.3. The molecular formula is C15H14OSSe. The average molecular weight is 321 g/mol. The molecule has 92 valence electrons. The van der Waals surface area contributed by atoms with Crippen LogP contribution in [-0.4, -0.2) is 19.0 Å². The van der Waals surface area contributed by atoms with Crippen molar-refractivity contribution in [2.45, 2.75) is 13.8 Å². The van der Waals surface area contributed by atoms with Crippen LogP contribution in [0, 0.1) is 13.8 Å². The molecule has 0 radical (unpaired) electrons. The molecule has 0 amide bonds. The Morgan fingerprint density at radius 1 is 0.889 bits per heavy atom. The zero-order chi connectivity index (χ0) is 13.0. The van der Waals surface area contributed by atoms with Crippen LogP contribution in [0.25, 0.3) is 0 Å². The summed E-state index contributed by atoms with van der Waals surface area (Å²) in [5.74, 6) is 0. The summed E-state index contributed by atoms with van der Waals surface area (Å²) >= 11 is 0.148. The van der Waals surface area contributed by atoms with E-state index in [1.54, 1.807) is 0 Å². The summed E-state index contributed by atoms with van der Waals surface area (Å²) in [6, 6.07) is 16.1. The second kappa shape index (κ2) is 6.24. The van der Waals surface area contributed by atoms with Gasteiger partial charge >= 0.3 is 117 Å². The molecule has 1 nitrogen and oxygen atoms in total. The molecule has 0 aliphatic heterocycles. The molecule has 2 aromatic carbocycles. The molecule has 2 rings (SSSR count). The molecule has 0 aromatic heterocycles. The summed E-state index contributed by atoms with van der Waals surface area (Å²) in [6.45, 7) is 4.10. The van der Waals surface area contributed by atoms with E-state index < -0.39 is 0 Å². The van der Waals surface area contributed by atoms with Crippen LogP contribution in [0.15, 0.2) is 48.5 Å². The van der Waals surface area contributed by atoms with Crippen LogP contribution in [0.3, 0.4) is 0 Å². The number of carbonyl (C=O) groups is 1. The number of carbonyl (C=O) groups excluding carboxylic acids is 1. The van der Waals surface area contributed by atoms with Gasteiger partial charge in [0.1, 0.15) is 0 Å². The first-order chi connectivity index (χ1) is 8.65. The van der Waals surface area contributed by atoms with Crippen LogP contribution in [0.2, 0.25) is 0 Å². The van der Waals surface area contributed by atoms with Gasteiger partial charge in [-0.2, -0.15) is 0 Å². The summed E-state index contributed by atoms with van der Waals surface area (Å²) in [6.07, 6.45) is 0. The summed E-state index contributed by atoms with van der Waals surface area (Å²) < 4.78 is 1.25. The Morgan fingerprint density at radius 3 is 1.94 bits per heavy atom. The van der Waals surface area contributed by atoms with E-state index in [1.807, 2.05) is 31.2 Å². The van der Waals surface area contributed by atoms with Crippen molar-refractivity contribution >= 4 is 33.6 Å². The fraction of sp³-hybridized carbons (Fsp3) is 0.133. The van der Waals surface area contributed by atoms with Crippen LogP contribution in [0.5, 0.6) is 0 Å². The molecule has 2 aromatic rings. The van der Waals surface area contributed by atoms with E-state index >= 15 is 0 Å². The Bertz CT molecular complexity index is 531. The summed E-state index contributed by atoms with van der Waals surface area (Å²) in [7, 11) is 1.42. The van der Waals surface area contributed by atoms with E-state index in [9.17, 15) is 4.79 Å². The Hall–Kier alpha value is -1.02. The van der Waals surface area contributed by atoms with Gasteiger partial charge < -0.3 is 0 Å². The standard InChI is InChI=1S/C15H14OSSe/c1-11-3-7-13(8-4-11)15(16)17-18-14-9-5-12(2)6-10-14/h3-10H,1-2H3. The molecule has 0 aliphatic carbocycles. The van der Waals surface area contributed by atoms with E-state index in [-0.39, 0.29) is 19.0 Å². The van der Waals surface area contributed by atoms with Gasteiger partial charge in [0.15, 0.2) is 0 Å². The molecule has 0 saturated carbocycles. The molecule has 0 fully saturated rings. The molecular weight excluding hydrogens is 307 g/mol. The van der Waals surface area contributed by atoms with Gasteiger partial charge in [0.2, 0.25) is 0 Å². The van der Waals surface area contributed by atoms with E-state index in [0.717, 1.165) is 5.56 Å². The Morgan fingerprint density at radius 2 is 1.39 bits per heavy atom.